The summed E-state index contributed by atoms with van der Waals surface area (Å²) < 4.78 is 3.58. The van der Waals surface area contributed by atoms with Gasteiger partial charge in [0.15, 0.2) is 5.82 Å². The van der Waals surface area contributed by atoms with Gasteiger partial charge in [-0.15, -0.1) is 0 Å². The van der Waals surface area contributed by atoms with Crippen LogP contribution in [-0.2, 0) is 7.05 Å². The molecular formula is C22H22N6O2. The summed E-state index contributed by atoms with van der Waals surface area (Å²) in [5.41, 5.74) is 2.53. The lowest BCUT2D eigenvalue weighted by atomic mass is 10.0. The molecule has 1 aliphatic heterocycles. The molecule has 2 aliphatic rings. The summed E-state index contributed by atoms with van der Waals surface area (Å²) in [6, 6.07) is 4.49. The van der Waals surface area contributed by atoms with Gasteiger partial charge in [0.25, 0.3) is 5.56 Å². The normalized spacial score (nSPS) is 23.1. The van der Waals surface area contributed by atoms with Crippen LogP contribution in [0.1, 0.15) is 24.4 Å². The lowest BCUT2D eigenvalue weighted by molar-refractivity contribution is 0.340. The highest BCUT2D eigenvalue weighted by Crippen LogP contribution is 2.39. The van der Waals surface area contributed by atoms with Gasteiger partial charge in [-0.05, 0) is 37.8 Å². The van der Waals surface area contributed by atoms with Crippen LogP contribution in [0.3, 0.4) is 0 Å². The smallest absolute Gasteiger partial charge is 0.261 e. The van der Waals surface area contributed by atoms with Gasteiger partial charge in [0.1, 0.15) is 5.75 Å². The van der Waals surface area contributed by atoms with Gasteiger partial charge in [0.2, 0.25) is 0 Å². The second-order valence-corrected chi connectivity index (χ2v) is 8.56. The first-order chi connectivity index (χ1) is 14.5. The Morgan fingerprint density at radius 2 is 2.17 bits per heavy atom. The molecule has 1 saturated carbocycles. The summed E-state index contributed by atoms with van der Waals surface area (Å²) in [7, 11) is 1.85. The third-order valence-corrected chi connectivity index (χ3v) is 6.72. The molecule has 2 N–H and O–H groups in total. The van der Waals surface area contributed by atoms with Crippen LogP contribution in [0, 0.1) is 12.8 Å². The fraction of sp³-hybridized carbons (Fsp3) is 0.364. The molecule has 3 atom stereocenters. The number of phenolic OH excluding ortho intramolecular Hbond substituents is 1. The van der Waals surface area contributed by atoms with Crippen LogP contribution in [0.4, 0.5) is 0 Å². The van der Waals surface area contributed by atoms with Crippen molar-refractivity contribution in [3.63, 3.8) is 0 Å². The minimum atomic E-state index is -0.0419. The Labute approximate surface area is 172 Å². The van der Waals surface area contributed by atoms with Gasteiger partial charge < -0.3 is 15.0 Å². The summed E-state index contributed by atoms with van der Waals surface area (Å²) in [4.78, 5) is 22.2. The second-order valence-electron chi connectivity index (χ2n) is 8.56. The van der Waals surface area contributed by atoms with Crippen molar-refractivity contribution >= 4 is 21.8 Å². The van der Waals surface area contributed by atoms with E-state index >= 15 is 0 Å². The van der Waals surface area contributed by atoms with Gasteiger partial charge in [-0.3, -0.25) is 9.48 Å². The quantitative estimate of drug-likeness (QED) is 0.534. The molecule has 1 aromatic carbocycles. The number of aromatic hydroxyl groups is 1. The lowest BCUT2D eigenvalue weighted by Crippen LogP contribution is -2.35. The van der Waals surface area contributed by atoms with Crippen LogP contribution in [0.5, 0.6) is 5.75 Å². The Kier molecular flexibility index (Phi) is 3.59. The van der Waals surface area contributed by atoms with E-state index in [0.717, 1.165) is 30.3 Å². The maximum atomic E-state index is 13.1. The molecule has 4 heterocycles. The zero-order valence-electron chi connectivity index (χ0n) is 16.8. The third-order valence-electron chi connectivity index (χ3n) is 6.72. The van der Waals surface area contributed by atoms with Gasteiger partial charge in [-0.2, -0.15) is 5.10 Å². The molecular weight excluding hydrogens is 380 g/mol. The number of fused-ring (bicyclic) bond motifs is 4. The summed E-state index contributed by atoms with van der Waals surface area (Å²) in [6.07, 6.45) is 7.48. The average molecular weight is 402 g/mol. The highest BCUT2D eigenvalue weighted by molar-refractivity contribution is 5.90. The van der Waals surface area contributed by atoms with E-state index in [4.69, 9.17) is 0 Å². The zero-order chi connectivity index (χ0) is 20.6. The zero-order valence-corrected chi connectivity index (χ0v) is 16.8. The average Bonchev–Trinajstić information content (AvgIpc) is 3.46. The number of pyridine rings is 1. The number of benzene rings is 1. The predicted molar refractivity (Wildman–Crippen MR) is 113 cm³/mol. The standard InChI is InChI=1S/C22H22N6O2/c1-11-19-13(10-27(2)26-19)6-15(20(11)29)21-24-9-16-17(25-21)3-4-28(22(16)30)18-7-14-5-12(18)8-23-14/h3-4,6,9-10,12,14,18,23,29H,5,7-8H2,1-2H3. The Morgan fingerprint density at radius 3 is 2.93 bits per heavy atom. The van der Waals surface area contributed by atoms with E-state index in [-0.39, 0.29) is 17.4 Å². The highest BCUT2D eigenvalue weighted by Gasteiger charge is 2.40. The van der Waals surface area contributed by atoms with Crippen molar-refractivity contribution < 1.29 is 5.11 Å². The molecule has 8 nitrogen and oxygen atoms in total. The van der Waals surface area contributed by atoms with E-state index in [1.165, 1.54) is 0 Å². The first-order valence-electron chi connectivity index (χ1n) is 10.3. The van der Waals surface area contributed by atoms with E-state index in [2.05, 4.69) is 20.4 Å². The van der Waals surface area contributed by atoms with Crippen LogP contribution < -0.4 is 10.9 Å². The molecule has 152 valence electrons. The molecule has 0 spiro atoms. The van der Waals surface area contributed by atoms with Crippen LogP contribution in [0.25, 0.3) is 33.2 Å². The van der Waals surface area contributed by atoms with E-state index < -0.39 is 0 Å². The van der Waals surface area contributed by atoms with Crippen molar-refractivity contribution in [3.8, 4) is 17.1 Å². The van der Waals surface area contributed by atoms with Crippen molar-refractivity contribution in [2.75, 3.05) is 6.54 Å². The SMILES string of the molecule is Cc1c(O)c(-c2ncc3c(=O)n(C4CC5CC4CN5)ccc3n2)cc2cn(C)nc12. The molecule has 8 heteroatoms. The van der Waals surface area contributed by atoms with Crippen LogP contribution in [0.2, 0.25) is 0 Å². The molecule has 1 saturated heterocycles. The highest BCUT2D eigenvalue weighted by atomic mass is 16.3. The third kappa shape index (κ3) is 2.43. The monoisotopic (exact) mass is 402 g/mol. The summed E-state index contributed by atoms with van der Waals surface area (Å²) in [6.45, 7) is 2.81. The largest absolute Gasteiger partial charge is 0.507 e. The number of nitrogens with one attached hydrogen (secondary N) is 1. The van der Waals surface area contributed by atoms with E-state index in [9.17, 15) is 9.90 Å². The van der Waals surface area contributed by atoms with Crippen molar-refractivity contribution in [1.82, 2.24) is 29.6 Å². The summed E-state index contributed by atoms with van der Waals surface area (Å²) >= 11 is 0. The molecule has 30 heavy (non-hydrogen) atoms. The number of rotatable bonds is 2. The Morgan fingerprint density at radius 1 is 1.30 bits per heavy atom. The van der Waals surface area contributed by atoms with Gasteiger partial charge in [-0.25, -0.2) is 9.97 Å². The predicted octanol–water partition coefficient (Wildman–Crippen LogP) is 2.28. The molecule has 2 bridgehead atoms. The number of phenols is 1. The van der Waals surface area contributed by atoms with Gasteiger partial charge in [0.05, 0.1) is 22.0 Å². The van der Waals surface area contributed by atoms with Crippen LogP contribution >= 0.6 is 0 Å². The van der Waals surface area contributed by atoms with E-state index in [1.807, 2.05) is 43.1 Å². The van der Waals surface area contributed by atoms with Crippen molar-refractivity contribution in [2.24, 2.45) is 13.0 Å². The van der Waals surface area contributed by atoms with Crippen molar-refractivity contribution in [2.45, 2.75) is 31.8 Å². The summed E-state index contributed by atoms with van der Waals surface area (Å²) in [5.74, 6) is 1.02. The van der Waals surface area contributed by atoms with E-state index in [0.29, 0.717) is 39.8 Å². The minimum Gasteiger partial charge on any atom is -0.507 e. The molecule has 3 aromatic heterocycles. The maximum absolute atomic E-state index is 13.1. The van der Waals surface area contributed by atoms with Gasteiger partial charge in [-0.1, -0.05) is 0 Å². The van der Waals surface area contributed by atoms with Crippen molar-refractivity contribution in [1.29, 1.82) is 0 Å². The first-order valence-corrected chi connectivity index (χ1v) is 10.3. The molecule has 4 aromatic rings. The number of aromatic nitrogens is 5. The Balaban J connectivity index is 1.47. The Hall–Kier alpha value is -3.26. The lowest BCUT2D eigenvalue weighted by Gasteiger charge is -2.24. The molecule has 3 unspecified atom stereocenters. The fourth-order valence-electron chi connectivity index (χ4n) is 5.20. The van der Waals surface area contributed by atoms with Crippen molar-refractivity contribution in [3.05, 3.63) is 46.6 Å². The number of piperidine rings is 1. The van der Waals surface area contributed by atoms with Gasteiger partial charge >= 0.3 is 0 Å². The van der Waals surface area contributed by atoms with Gasteiger partial charge in [0, 0.05) is 55.2 Å². The molecule has 1 aliphatic carbocycles. The topological polar surface area (TPSA) is 97.9 Å². The maximum Gasteiger partial charge on any atom is 0.261 e. The number of hydrogen-bond acceptors (Lipinski definition) is 6. The van der Waals surface area contributed by atoms with Crippen LogP contribution in [0.15, 0.2) is 35.5 Å². The van der Waals surface area contributed by atoms with Crippen LogP contribution in [-0.4, -0.2) is 42.0 Å². The minimum absolute atomic E-state index is 0.0419. The molecule has 2 fully saturated rings. The Bertz CT molecular complexity index is 1390. The fourth-order valence-corrected chi connectivity index (χ4v) is 5.20. The molecule has 6 rings (SSSR count). The first kappa shape index (κ1) is 17.6. The molecule has 0 amide bonds. The number of aryl methyl sites for hydroxylation is 2. The second kappa shape index (κ2) is 6.12. The molecule has 0 radical (unpaired) electrons. The number of hydrogen-bond donors (Lipinski definition) is 2. The van der Waals surface area contributed by atoms with E-state index in [1.54, 1.807) is 10.9 Å². The number of nitrogens with zero attached hydrogens (tertiary/aromatic N) is 5. The summed E-state index contributed by atoms with van der Waals surface area (Å²) in [5, 5.41) is 20.0.